The quantitative estimate of drug-likeness (QED) is 0.511. The number of carbonyl (C=O) groups excluding carboxylic acids is 1. The van der Waals surface area contributed by atoms with Gasteiger partial charge >= 0.3 is 0 Å². The number of aromatic nitrogens is 2. The van der Waals surface area contributed by atoms with Crippen molar-refractivity contribution in [3.8, 4) is 5.75 Å². The summed E-state index contributed by atoms with van der Waals surface area (Å²) in [6, 6.07) is 19.4. The predicted molar refractivity (Wildman–Crippen MR) is 117 cm³/mol. The number of allylic oxidation sites excluding steroid dienone is 2. The van der Waals surface area contributed by atoms with Crippen LogP contribution in [0.3, 0.4) is 0 Å². The molecule has 1 aliphatic carbocycles. The molecule has 3 heterocycles. The van der Waals surface area contributed by atoms with Crippen molar-refractivity contribution in [1.29, 1.82) is 0 Å². The molecule has 0 bridgehead atoms. The topological polar surface area (TPSA) is 69.3 Å². The number of nitrogens with zero attached hydrogens (tertiary/aromatic N) is 2. The number of anilines is 1. The van der Waals surface area contributed by atoms with Gasteiger partial charge < -0.3 is 14.5 Å². The molecule has 2 aliphatic rings. The number of ketones is 1. The van der Waals surface area contributed by atoms with Crippen LogP contribution in [0.4, 0.5) is 5.95 Å². The van der Waals surface area contributed by atoms with Gasteiger partial charge in [0.15, 0.2) is 5.78 Å². The average Bonchev–Trinajstić information content (AvgIpc) is 3.45. The van der Waals surface area contributed by atoms with Crippen LogP contribution in [0.25, 0.3) is 11.0 Å². The second-order valence-corrected chi connectivity index (χ2v) is 8.03. The maximum atomic E-state index is 13.5. The molecule has 154 valence electrons. The summed E-state index contributed by atoms with van der Waals surface area (Å²) in [6.45, 7) is 0. The van der Waals surface area contributed by atoms with E-state index in [0.29, 0.717) is 6.42 Å². The zero-order valence-electron chi connectivity index (χ0n) is 17.0. The van der Waals surface area contributed by atoms with Crippen LogP contribution in [0, 0.1) is 0 Å². The Kier molecular flexibility index (Phi) is 3.99. The van der Waals surface area contributed by atoms with Crippen LogP contribution >= 0.6 is 0 Å². The van der Waals surface area contributed by atoms with Gasteiger partial charge in [0.25, 0.3) is 0 Å². The lowest BCUT2D eigenvalue weighted by atomic mass is 9.78. The Morgan fingerprint density at radius 1 is 1.06 bits per heavy atom. The minimum atomic E-state index is -0.321. The number of para-hydroxylation sites is 2. The summed E-state index contributed by atoms with van der Waals surface area (Å²) >= 11 is 0. The summed E-state index contributed by atoms with van der Waals surface area (Å²) in [4.78, 5) is 18.3. The van der Waals surface area contributed by atoms with Crippen LogP contribution in [-0.4, -0.2) is 22.4 Å². The number of ether oxygens (including phenoxy) is 1. The number of benzene rings is 2. The van der Waals surface area contributed by atoms with E-state index in [1.807, 2.05) is 60.7 Å². The third kappa shape index (κ3) is 2.79. The zero-order chi connectivity index (χ0) is 20.9. The smallest absolute Gasteiger partial charge is 0.209 e. The Morgan fingerprint density at radius 2 is 1.90 bits per heavy atom. The van der Waals surface area contributed by atoms with E-state index in [0.717, 1.165) is 51.7 Å². The van der Waals surface area contributed by atoms with Crippen molar-refractivity contribution >= 4 is 22.8 Å². The maximum Gasteiger partial charge on any atom is 0.209 e. The fourth-order valence-corrected chi connectivity index (χ4v) is 4.85. The van der Waals surface area contributed by atoms with E-state index in [1.165, 1.54) is 0 Å². The SMILES string of the molecule is COc1ccc([C@@H]2CC(=O)C3=C(C2)Nc2nc4ccccc4n2[C@H]3c2ccco2)cc1. The van der Waals surface area contributed by atoms with Gasteiger partial charge in [0.05, 0.1) is 24.4 Å². The second-order valence-electron chi connectivity index (χ2n) is 8.03. The maximum absolute atomic E-state index is 13.5. The van der Waals surface area contributed by atoms with Crippen molar-refractivity contribution in [1.82, 2.24) is 9.55 Å². The van der Waals surface area contributed by atoms with Gasteiger partial charge in [-0.15, -0.1) is 0 Å². The second kappa shape index (κ2) is 6.87. The molecule has 2 atom stereocenters. The van der Waals surface area contributed by atoms with Gasteiger partial charge in [-0.1, -0.05) is 24.3 Å². The summed E-state index contributed by atoms with van der Waals surface area (Å²) < 4.78 is 13.2. The Balaban J connectivity index is 1.47. The van der Waals surface area contributed by atoms with Gasteiger partial charge in [-0.2, -0.15) is 0 Å². The lowest BCUT2D eigenvalue weighted by Crippen LogP contribution is -2.32. The molecular weight excluding hydrogens is 390 g/mol. The molecule has 31 heavy (non-hydrogen) atoms. The minimum absolute atomic E-state index is 0.109. The highest BCUT2D eigenvalue weighted by molar-refractivity contribution is 6.00. The van der Waals surface area contributed by atoms with Crippen LogP contribution in [-0.2, 0) is 4.79 Å². The van der Waals surface area contributed by atoms with E-state index < -0.39 is 0 Å². The third-order valence-electron chi connectivity index (χ3n) is 6.30. The Morgan fingerprint density at radius 3 is 2.68 bits per heavy atom. The van der Waals surface area contributed by atoms with Crippen molar-refractivity contribution in [2.75, 3.05) is 12.4 Å². The highest BCUT2D eigenvalue weighted by Gasteiger charge is 2.40. The van der Waals surface area contributed by atoms with Crippen molar-refractivity contribution in [2.45, 2.75) is 24.8 Å². The molecule has 6 rings (SSSR count). The molecule has 1 aliphatic heterocycles. The lowest BCUT2D eigenvalue weighted by Gasteiger charge is -2.35. The molecule has 2 aromatic heterocycles. The van der Waals surface area contributed by atoms with Gasteiger partial charge in [-0.3, -0.25) is 9.36 Å². The van der Waals surface area contributed by atoms with Crippen LogP contribution < -0.4 is 10.1 Å². The van der Waals surface area contributed by atoms with E-state index in [2.05, 4.69) is 9.88 Å². The normalized spacial score (nSPS) is 20.4. The molecule has 0 saturated carbocycles. The fourth-order valence-electron chi connectivity index (χ4n) is 4.85. The molecule has 0 unspecified atom stereocenters. The van der Waals surface area contributed by atoms with E-state index in [1.54, 1.807) is 13.4 Å². The summed E-state index contributed by atoms with van der Waals surface area (Å²) in [7, 11) is 1.66. The molecule has 1 N–H and O–H groups in total. The first-order valence-electron chi connectivity index (χ1n) is 10.4. The molecule has 0 saturated heterocycles. The van der Waals surface area contributed by atoms with Crippen molar-refractivity contribution in [3.63, 3.8) is 0 Å². The number of hydrogen-bond acceptors (Lipinski definition) is 5. The number of imidazole rings is 1. The molecule has 0 amide bonds. The first-order chi connectivity index (χ1) is 15.2. The zero-order valence-corrected chi connectivity index (χ0v) is 17.0. The van der Waals surface area contributed by atoms with Gasteiger partial charge in [0.2, 0.25) is 5.95 Å². The predicted octanol–water partition coefficient (Wildman–Crippen LogP) is 5.05. The number of methoxy groups -OCH3 is 1. The fraction of sp³-hybridized carbons (Fsp3) is 0.200. The van der Waals surface area contributed by atoms with Gasteiger partial charge in [-0.25, -0.2) is 4.98 Å². The van der Waals surface area contributed by atoms with E-state index in [4.69, 9.17) is 14.1 Å². The van der Waals surface area contributed by atoms with Crippen molar-refractivity contribution in [2.24, 2.45) is 0 Å². The number of Topliss-reactive ketones (excluding diaryl/α,β-unsaturated/α-hetero) is 1. The first kappa shape index (κ1) is 18.0. The van der Waals surface area contributed by atoms with Crippen LogP contribution in [0.1, 0.15) is 36.1 Å². The summed E-state index contributed by atoms with van der Waals surface area (Å²) in [5.41, 5.74) is 4.70. The number of furan rings is 1. The molecule has 0 radical (unpaired) electrons. The molecule has 4 aromatic rings. The summed E-state index contributed by atoms with van der Waals surface area (Å²) in [5.74, 6) is 2.55. The van der Waals surface area contributed by atoms with E-state index in [9.17, 15) is 4.79 Å². The molecule has 0 spiro atoms. The third-order valence-corrected chi connectivity index (χ3v) is 6.30. The molecule has 2 aromatic carbocycles. The highest BCUT2D eigenvalue weighted by Crippen LogP contribution is 2.46. The number of carbonyl (C=O) groups is 1. The highest BCUT2D eigenvalue weighted by atomic mass is 16.5. The van der Waals surface area contributed by atoms with E-state index in [-0.39, 0.29) is 17.7 Å². The van der Waals surface area contributed by atoms with E-state index >= 15 is 0 Å². The number of hydrogen-bond donors (Lipinski definition) is 1. The largest absolute Gasteiger partial charge is 0.497 e. The summed E-state index contributed by atoms with van der Waals surface area (Å²) in [5, 5.41) is 3.48. The van der Waals surface area contributed by atoms with Crippen LogP contribution in [0.5, 0.6) is 5.75 Å². The Labute approximate surface area is 179 Å². The standard InChI is InChI=1S/C25H21N3O3/c1-30-17-10-8-15(9-11-17)16-13-19-23(21(29)14-16)24(22-7-4-12-31-22)28-20-6-3-2-5-18(20)26-25(28)27-19/h2-12,16,24H,13-14H2,1H3,(H,26,27)/t16-,24-/m0/s1. The Hall–Kier alpha value is -3.80. The number of rotatable bonds is 3. The lowest BCUT2D eigenvalue weighted by molar-refractivity contribution is -0.116. The van der Waals surface area contributed by atoms with Crippen LogP contribution in [0.2, 0.25) is 0 Å². The molecule has 6 nitrogen and oxygen atoms in total. The number of fused-ring (bicyclic) bond motifs is 3. The number of nitrogens with one attached hydrogen (secondary N) is 1. The van der Waals surface area contributed by atoms with Crippen LogP contribution in [0.15, 0.2) is 82.6 Å². The minimum Gasteiger partial charge on any atom is -0.497 e. The van der Waals surface area contributed by atoms with Gasteiger partial charge in [0, 0.05) is 17.7 Å². The van der Waals surface area contributed by atoms with Gasteiger partial charge in [-0.05, 0) is 54.3 Å². The first-order valence-corrected chi connectivity index (χ1v) is 10.4. The molecule has 0 fully saturated rings. The van der Waals surface area contributed by atoms with Crippen molar-refractivity contribution < 1.29 is 13.9 Å². The van der Waals surface area contributed by atoms with Crippen molar-refractivity contribution in [3.05, 3.63) is 89.5 Å². The monoisotopic (exact) mass is 411 g/mol. The summed E-state index contributed by atoms with van der Waals surface area (Å²) in [6.07, 6.45) is 2.86. The molecular formula is C25H21N3O3. The Bertz CT molecular complexity index is 1320. The molecule has 6 heteroatoms. The average molecular weight is 411 g/mol. The van der Waals surface area contributed by atoms with Gasteiger partial charge in [0.1, 0.15) is 17.6 Å².